The van der Waals surface area contributed by atoms with E-state index in [1.807, 2.05) is 36.2 Å². The molecule has 2 fully saturated rings. The molecule has 9 nitrogen and oxygen atoms in total. The van der Waals surface area contributed by atoms with Gasteiger partial charge in [0, 0.05) is 64.0 Å². The van der Waals surface area contributed by atoms with Gasteiger partial charge in [0.15, 0.2) is 11.5 Å². The molecule has 4 rings (SSSR count). The standard InChI is InChI=1S/C20H29N7O2/c1-25(2)18-6-5-17(22-23-18)20(28)27-7-3-4-15(14-27)19-16(12-21-24-19)13-26-8-10-29-11-9-26/h5-6,12,15H,3-4,7-11,13-14H2,1-2H3,(H,21,24). The average Bonchev–Trinajstić information content (AvgIpc) is 3.22. The van der Waals surface area contributed by atoms with E-state index in [9.17, 15) is 4.79 Å². The highest BCUT2D eigenvalue weighted by Crippen LogP contribution is 2.29. The number of aromatic nitrogens is 4. The Morgan fingerprint density at radius 2 is 2.07 bits per heavy atom. The van der Waals surface area contributed by atoms with Crippen LogP contribution >= 0.6 is 0 Å². The summed E-state index contributed by atoms with van der Waals surface area (Å²) >= 11 is 0. The van der Waals surface area contributed by atoms with Gasteiger partial charge in [0.2, 0.25) is 0 Å². The van der Waals surface area contributed by atoms with Gasteiger partial charge in [-0.1, -0.05) is 0 Å². The Hall–Kier alpha value is -2.52. The second kappa shape index (κ2) is 8.87. The number of ether oxygens (including phenoxy) is 1. The number of morpholine rings is 1. The number of aromatic amines is 1. The quantitative estimate of drug-likeness (QED) is 0.806. The van der Waals surface area contributed by atoms with E-state index in [1.165, 1.54) is 5.56 Å². The van der Waals surface area contributed by atoms with Gasteiger partial charge in [-0.3, -0.25) is 14.8 Å². The predicted molar refractivity (Wildman–Crippen MR) is 109 cm³/mol. The van der Waals surface area contributed by atoms with Crippen LogP contribution in [0.4, 0.5) is 5.82 Å². The minimum Gasteiger partial charge on any atom is -0.379 e. The molecule has 0 aliphatic carbocycles. The van der Waals surface area contributed by atoms with Crippen LogP contribution in [0.1, 0.15) is 40.5 Å². The van der Waals surface area contributed by atoms with Gasteiger partial charge in [0.1, 0.15) is 0 Å². The Balaban J connectivity index is 1.43. The van der Waals surface area contributed by atoms with E-state index in [-0.39, 0.29) is 11.8 Å². The van der Waals surface area contributed by atoms with Crippen LogP contribution in [0.3, 0.4) is 0 Å². The van der Waals surface area contributed by atoms with Crippen LogP contribution < -0.4 is 4.90 Å². The summed E-state index contributed by atoms with van der Waals surface area (Å²) in [6.07, 6.45) is 3.94. The Morgan fingerprint density at radius 3 is 2.79 bits per heavy atom. The first-order valence-corrected chi connectivity index (χ1v) is 10.2. The number of likely N-dealkylation sites (tertiary alicyclic amines) is 1. The number of carbonyl (C=O) groups is 1. The van der Waals surface area contributed by atoms with Crippen molar-refractivity contribution in [3.05, 3.63) is 35.3 Å². The number of carbonyl (C=O) groups excluding carboxylic acids is 1. The molecule has 2 saturated heterocycles. The Labute approximate surface area is 171 Å². The Bertz CT molecular complexity index is 814. The lowest BCUT2D eigenvalue weighted by Gasteiger charge is -2.33. The van der Waals surface area contributed by atoms with Crippen molar-refractivity contribution >= 4 is 11.7 Å². The van der Waals surface area contributed by atoms with Crippen LogP contribution in [-0.2, 0) is 11.3 Å². The number of anilines is 1. The maximum absolute atomic E-state index is 13.0. The predicted octanol–water partition coefficient (Wildman–Crippen LogP) is 1.12. The molecule has 2 aromatic rings. The zero-order valence-electron chi connectivity index (χ0n) is 17.2. The molecule has 0 radical (unpaired) electrons. The summed E-state index contributed by atoms with van der Waals surface area (Å²) in [7, 11) is 3.80. The number of H-pyrrole nitrogens is 1. The Kier molecular flexibility index (Phi) is 6.05. The second-order valence-corrected chi connectivity index (χ2v) is 7.96. The molecule has 156 valence electrons. The molecule has 1 atom stereocenters. The molecular formula is C20H29N7O2. The van der Waals surface area contributed by atoms with Crippen LogP contribution in [0.15, 0.2) is 18.3 Å². The van der Waals surface area contributed by atoms with Gasteiger partial charge in [-0.2, -0.15) is 5.10 Å². The summed E-state index contributed by atoms with van der Waals surface area (Å²) in [6.45, 7) is 5.76. The third-order valence-electron chi connectivity index (χ3n) is 5.69. The first-order chi connectivity index (χ1) is 14.1. The molecule has 9 heteroatoms. The molecule has 0 spiro atoms. The fourth-order valence-electron chi connectivity index (χ4n) is 4.04. The maximum Gasteiger partial charge on any atom is 0.274 e. The van der Waals surface area contributed by atoms with Crippen LogP contribution in [0.5, 0.6) is 0 Å². The maximum atomic E-state index is 13.0. The number of piperidine rings is 1. The first-order valence-electron chi connectivity index (χ1n) is 10.2. The van der Waals surface area contributed by atoms with E-state index in [2.05, 4.69) is 25.3 Å². The fraction of sp³-hybridized carbons (Fsp3) is 0.600. The van der Waals surface area contributed by atoms with Crippen molar-refractivity contribution in [2.75, 3.05) is 58.4 Å². The molecule has 0 saturated carbocycles. The van der Waals surface area contributed by atoms with Crippen molar-refractivity contribution < 1.29 is 9.53 Å². The number of hydrogen-bond acceptors (Lipinski definition) is 7. The van der Waals surface area contributed by atoms with Gasteiger partial charge in [0.05, 0.1) is 19.4 Å². The highest BCUT2D eigenvalue weighted by molar-refractivity contribution is 5.92. The van der Waals surface area contributed by atoms with Crippen molar-refractivity contribution in [3.8, 4) is 0 Å². The monoisotopic (exact) mass is 399 g/mol. The molecule has 0 bridgehead atoms. The lowest BCUT2D eigenvalue weighted by molar-refractivity contribution is 0.0339. The number of rotatable bonds is 5. The molecule has 1 unspecified atom stereocenters. The number of hydrogen-bond donors (Lipinski definition) is 1. The first kappa shape index (κ1) is 19.8. The van der Waals surface area contributed by atoms with Crippen molar-refractivity contribution in [1.82, 2.24) is 30.2 Å². The lowest BCUT2D eigenvalue weighted by Crippen LogP contribution is -2.40. The summed E-state index contributed by atoms with van der Waals surface area (Å²) < 4.78 is 5.45. The van der Waals surface area contributed by atoms with E-state index in [1.54, 1.807) is 6.07 Å². The third-order valence-corrected chi connectivity index (χ3v) is 5.69. The third kappa shape index (κ3) is 4.56. The minimum absolute atomic E-state index is 0.0539. The summed E-state index contributed by atoms with van der Waals surface area (Å²) in [5.74, 6) is 0.949. The van der Waals surface area contributed by atoms with Gasteiger partial charge in [0.25, 0.3) is 5.91 Å². The normalized spacial score (nSPS) is 20.6. The van der Waals surface area contributed by atoms with Crippen LogP contribution in [0.25, 0.3) is 0 Å². The molecule has 2 aliphatic heterocycles. The molecule has 2 aliphatic rings. The average molecular weight is 399 g/mol. The van der Waals surface area contributed by atoms with Gasteiger partial charge >= 0.3 is 0 Å². The molecule has 2 aromatic heterocycles. The van der Waals surface area contributed by atoms with Crippen molar-refractivity contribution in [2.45, 2.75) is 25.3 Å². The van der Waals surface area contributed by atoms with E-state index in [0.29, 0.717) is 12.2 Å². The summed E-state index contributed by atoms with van der Waals surface area (Å²) in [6, 6.07) is 3.59. The SMILES string of the molecule is CN(C)c1ccc(C(=O)N2CCCC(c3[nH]ncc3CN3CCOCC3)C2)nn1. The van der Waals surface area contributed by atoms with Gasteiger partial charge in [-0.25, -0.2) is 0 Å². The largest absolute Gasteiger partial charge is 0.379 e. The van der Waals surface area contributed by atoms with E-state index < -0.39 is 0 Å². The second-order valence-electron chi connectivity index (χ2n) is 7.96. The lowest BCUT2D eigenvalue weighted by atomic mass is 9.92. The zero-order valence-corrected chi connectivity index (χ0v) is 17.2. The molecule has 4 heterocycles. The van der Waals surface area contributed by atoms with Gasteiger partial charge in [-0.05, 0) is 25.0 Å². The van der Waals surface area contributed by atoms with E-state index in [4.69, 9.17) is 4.74 Å². The van der Waals surface area contributed by atoms with E-state index in [0.717, 1.165) is 63.7 Å². The molecule has 1 amide bonds. The van der Waals surface area contributed by atoms with Crippen molar-refractivity contribution in [1.29, 1.82) is 0 Å². The smallest absolute Gasteiger partial charge is 0.274 e. The van der Waals surface area contributed by atoms with Crippen molar-refractivity contribution in [3.63, 3.8) is 0 Å². The number of amides is 1. The highest BCUT2D eigenvalue weighted by Gasteiger charge is 2.29. The van der Waals surface area contributed by atoms with Crippen LogP contribution in [0, 0.1) is 0 Å². The zero-order chi connectivity index (χ0) is 20.2. The minimum atomic E-state index is -0.0539. The number of nitrogens with zero attached hydrogens (tertiary/aromatic N) is 6. The molecule has 0 aromatic carbocycles. The van der Waals surface area contributed by atoms with Crippen LogP contribution in [-0.4, -0.2) is 89.6 Å². The fourth-order valence-corrected chi connectivity index (χ4v) is 4.04. The topological polar surface area (TPSA) is 90.5 Å². The Morgan fingerprint density at radius 1 is 1.24 bits per heavy atom. The van der Waals surface area contributed by atoms with Gasteiger partial charge < -0.3 is 14.5 Å². The summed E-state index contributed by atoms with van der Waals surface area (Å²) in [5.41, 5.74) is 2.78. The summed E-state index contributed by atoms with van der Waals surface area (Å²) in [4.78, 5) is 19.1. The molecule has 29 heavy (non-hydrogen) atoms. The van der Waals surface area contributed by atoms with E-state index >= 15 is 0 Å². The summed E-state index contributed by atoms with van der Waals surface area (Å²) in [5, 5.41) is 15.8. The highest BCUT2D eigenvalue weighted by atomic mass is 16.5. The number of nitrogens with one attached hydrogen (secondary N) is 1. The van der Waals surface area contributed by atoms with Crippen molar-refractivity contribution in [2.24, 2.45) is 0 Å². The molecule has 1 N–H and O–H groups in total. The molecular weight excluding hydrogens is 370 g/mol. The van der Waals surface area contributed by atoms with Gasteiger partial charge in [-0.15, -0.1) is 10.2 Å². The van der Waals surface area contributed by atoms with Crippen LogP contribution in [0.2, 0.25) is 0 Å².